The monoisotopic (exact) mass is 575 g/mol. The topological polar surface area (TPSA) is 81.2 Å². The molecule has 3 aliphatic heterocycles. The van der Waals surface area contributed by atoms with E-state index in [1.807, 2.05) is 30.3 Å². The zero-order valence-electron chi connectivity index (χ0n) is 20.8. The summed E-state index contributed by atoms with van der Waals surface area (Å²) < 4.78 is -0.748. The van der Waals surface area contributed by atoms with Crippen LogP contribution in [0.3, 0.4) is 0 Å². The van der Waals surface area contributed by atoms with Crippen molar-refractivity contribution in [2.75, 3.05) is 26.7 Å². The number of carbonyl (C=O) groups excluding carboxylic acids is 3. The van der Waals surface area contributed by atoms with Crippen LogP contribution in [0.1, 0.15) is 18.9 Å². The molecule has 1 spiro atoms. The Labute approximate surface area is 225 Å². The summed E-state index contributed by atoms with van der Waals surface area (Å²) in [5.41, 5.74) is 0.980. The lowest BCUT2D eigenvalue weighted by atomic mass is 9.70. The average molecular weight is 577 g/mol. The predicted octanol–water partition coefficient (Wildman–Crippen LogP) is 2.69. The highest BCUT2D eigenvalue weighted by Gasteiger charge is 2.76. The minimum atomic E-state index is -0.779. The number of nitrogens with zero attached hydrogens (tertiary/aromatic N) is 3. The Morgan fingerprint density at radius 1 is 1.25 bits per heavy atom. The standard InChI is InChI=1S/C27H34BrN3O4S/c1-5-12-29(4)24(33)20-21-25(34)31(17(3)16-32)23(27(21)14-19(28)22(20)36-27)26(35)30(13-6-2)15-18-10-8-7-9-11-18/h5-11,17,19-23,32H,1-2,12-16H2,3-4H3/t17-,19?,20-,21+,22-,23?,27?/m1/s1. The van der Waals surface area contributed by atoms with Gasteiger partial charge in [-0.25, -0.2) is 0 Å². The summed E-state index contributed by atoms with van der Waals surface area (Å²) in [7, 11) is 1.72. The molecular weight excluding hydrogens is 542 g/mol. The van der Waals surface area contributed by atoms with Crippen LogP contribution in [0.5, 0.6) is 0 Å². The van der Waals surface area contributed by atoms with Crippen molar-refractivity contribution in [1.29, 1.82) is 0 Å². The first-order valence-electron chi connectivity index (χ1n) is 12.3. The fourth-order valence-corrected chi connectivity index (χ4v) is 9.68. The fraction of sp³-hybridized carbons (Fsp3) is 0.519. The van der Waals surface area contributed by atoms with Gasteiger partial charge in [0.25, 0.3) is 0 Å². The normalized spacial score (nSPS) is 31.2. The van der Waals surface area contributed by atoms with E-state index in [9.17, 15) is 19.5 Å². The van der Waals surface area contributed by atoms with Crippen LogP contribution >= 0.6 is 27.7 Å². The van der Waals surface area contributed by atoms with Crippen molar-refractivity contribution in [1.82, 2.24) is 14.7 Å². The Bertz CT molecular complexity index is 1040. The molecule has 2 bridgehead atoms. The molecule has 3 aliphatic rings. The molecule has 0 radical (unpaired) electrons. The molecule has 36 heavy (non-hydrogen) atoms. The molecule has 3 heterocycles. The molecule has 0 saturated carbocycles. The second-order valence-electron chi connectivity index (χ2n) is 9.94. The SMILES string of the molecule is C=CCN(C)C(=O)[C@H]1[C@@H]2SC3(CC2Br)C(C(=O)N(CC=C)Cc2ccccc2)N([C@H](C)CO)C(=O)[C@H]13. The Balaban J connectivity index is 1.76. The van der Waals surface area contributed by atoms with Gasteiger partial charge < -0.3 is 19.8 Å². The van der Waals surface area contributed by atoms with Crippen molar-refractivity contribution in [3.63, 3.8) is 0 Å². The summed E-state index contributed by atoms with van der Waals surface area (Å²) >= 11 is 5.39. The molecule has 194 valence electrons. The van der Waals surface area contributed by atoms with Gasteiger partial charge >= 0.3 is 0 Å². The van der Waals surface area contributed by atoms with E-state index in [0.29, 0.717) is 26.1 Å². The number of likely N-dealkylation sites (N-methyl/N-ethyl adjacent to an activating group) is 1. The lowest BCUT2D eigenvalue weighted by molar-refractivity contribution is -0.146. The first-order chi connectivity index (χ1) is 17.2. The molecule has 3 fully saturated rings. The summed E-state index contributed by atoms with van der Waals surface area (Å²) in [5, 5.41) is 9.96. The molecule has 1 aromatic rings. The third kappa shape index (κ3) is 4.33. The molecular formula is C27H34BrN3O4S. The van der Waals surface area contributed by atoms with Crippen LogP contribution in [0.2, 0.25) is 0 Å². The number of hydrogen-bond donors (Lipinski definition) is 1. The predicted molar refractivity (Wildman–Crippen MR) is 145 cm³/mol. The van der Waals surface area contributed by atoms with Crippen molar-refractivity contribution >= 4 is 45.4 Å². The van der Waals surface area contributed by atoms with E-state index in [-0.39, 0.29) is 34.4 Å². The van der Waals surface area contributed by atoms with E-state index in [2.05, 4.69) is 29.1 Å². The number of halogens is 1. The molecule has 9 heteroatoms. The lowest BCUT2D eigenvalue weighted by Crippen LogP contribution is -2.57. The summed E-state index contributed by atoms with van der Waals surface area (Å²) in [6, 6.07) is 8.39. The number of amides is 3. The summed E-state index contributed by atoms with van der Waals surface area (Å²) in [4.78, 5) is 46.8. The highest BCUT2D eigenvalue weighted by molar-refractivity contribution is 9.09. The molecule has 3 unspecified atom stereocenters. The van der Waals surface area contributed by atoms with Crippen LogP contribution in [0.25, 0.3) is 0 Å². The molecule has 1 aromatic carbocycles. The minimum absolute atomic E-state index is 0.000656. The molecule has 0 aromatic heterocycles. The van der Waals surface area contributed by atoms with Gasteiger partial charge in [-0.15, -0.1) is 24.9 Å². The summed E-state index contributed by atoms with van der Waals surface area (Å²) in [6.45, 7) is 10.2. The summed E-state index contributed by atoms with van der Waals surface area (Å²) in [6.07, 6.45) is 3.96. The number of aliphatic hydroxyl groups excluding tert-OH is 1. The second-order valence-corrected chi connectivity index (χ2v) is 12.7. The van der Waals surface area contributed by atoms with Crippen LogP contribution in [0.4, 0.5) is 0 Å². The third-order valence-electron chi connectivity index (χ3n) is 7.64. The van der Waals surface area contributed by atoms with Gasteiger partial charge in [0.05, 0.1) is 29.2 Å². The lowest BCUT2D eigenvalue weighted by Gasteiger charge is -2.39. The smallest absolute Gasteiger partial charge is 0.247 e. The van der Waals surface area contributed by atoms with Crippen molar-refractivity contribution in [3.05, 3.63) is 61.2 Å². The van der Waals surface area contributed by atoms with Gasteiger partial charge in [-0.1, -0.05) is 58.4 Å². The van der Waals surface area contributed by atoms with E-state index in [4.69, 9.17) is 0 Å². The van der Waals surface area contributed by atoms with Crippen LogP contribution in [-0.2, 0) is 20.9 Å². The third-order valence-corrected chi connectivity index (χ3v) is 10.9. The number of fused-ring (bicyclic) bond motifs is 1. The van der Waals surface area contributed by atoms with Crippen molar-refractivity contribution in [2.45, 2.75) is 46.8 Å². The van der Waals surface area contributed by atoms with Gasteiger partial charge in [0.15, 0.2) is 0 Å². The Kier molecular flexibility index (Phi) is 8.02. The zero-order chi connectivity index (χ0) is 26.2. The first kappa shape index (κ1) is 26.9. The van der Waals surface area contributed by atoms with Gasteiger partial charge in [-0.3, -0.25) is 14.4 Å². The average Bonchev–Trinajstić information content (AvgIpc) is 3.46. The number of rotatable bonds is 10. The van der Waals surface area contributed by atoms with Crippen molar-refractivity contribution in [3.8, 4) is 0 Å². The molecule has 7 nitrogen and oxygen atoms in total. The molecule has 1 N–H and O–H groups in total. The Morgan fingerprint density at radius 3 is 2.53 bits per heavy atom. The Hall–Kier alpha value is -2.10. The fourth-order valence-electron chi connectivity index (χ4n) is 6.09. The number of benzene rings is 1. The van der Waals surface area contributed by atoms with Crippen LogP contribution in [-0.4, -0.2) is 91.2 Å². The molecule has 4 rings (SSSR count). The van der Waals surface area contributed by atoms with Gasteiger partial charge in [-0.05, 0) is 18.9 Å². The second kappa shape index (κ2) is 10.7. The van der Waals surface area contributed by atoms with E-state index in [1.165, 1.54) is 0 Å². The number of thioether (sulfide) groups is 1. The van der Waals surface area contributed by atoms with Gasteiger partial charge in [0.2, 0.25) is 17.7 Å². The number of hydrogen-bond acceptors (Lipinski definition) is 5. The van der Waals surface area contributed by atoms with Gasteiger partial charge in [-0.2, -0.15) is 0 Å². The summed E-state index contributed by atoms with van der Waals surface area (Å²) in [5.74, 6) is -1.65. The first-order valence-corrected chi connectivity index (χ1v) is 14.1. The van der Waals surface area contributed by atoms with Crippen molar-refractivity contribution < 1.29 is 19.5 Å². The van der Waals surface area contributed by atoms with Crippen molar-refractivity contribution in [2.24, 2.45) is 11.8 Å². The maximum Gasteiger partial charge on any atom is 0.247 e. The molecule has 3 amide bonds. The zero-order valence-corrected chi connectivity index (χ0v) is 23.2. The maximum absolute atomic E-state index is 14.3. The number of carbonyl (C=O) groups is 3. The van der Waals surface area contributed by atoms with E-state index in [0.717, 1.165) is 5.56 Å². The molecule has 0 aliphatic carbocycles. The highest BCUT2D eigenvalue weighted by atomic mass is 79.9. The van der Waals surface area contributed by atoms with Gasteiger partial charge in [0, 0.05) is 36.8 Å². The van der Waals surface area contributed by atoms with E-state index >= 15 is 0 Å². The number of likely N-dealkylation sites (tertiary alicyclic amines) is 1. The van der Waals surface area contributed by atoms with E-state index < -0.39 is 28.7 Å². The molecule has 3 saturated heterocycles. The largest absolute Gasteiger partial charge is 0.394 e. The minimum Gasteiger partial charge on any atom is -0.394 e. The Morgan fingerprint density at radius 2 is 1.92 bits per heavy atom. The van der Waals surface area contributed by atoms with Crippen LogP contribution in [0, 0.1) is 11.8 Å². The van der Waals surface area contributed by atoms with Gasteiger partial charge in [0.1, 0.15) is 6.04 Å². The van der Waals surface area contributed by atoms with Crippen LogP contribution in [0.15, 0.2) is 55.6 Å². The quantitative estimate of drug-likeness (QED) is 0.342. The number of aliphatic hydroxyl groups is 1. The molecule has 7 atom stereocenters. The van der Waals surface area contributed by atoms with Crippen LogP contribution < -0.4 is 0 Å². The maximum atomic E-state index is 14.3. The highest BCUT2D eigenvalue weighted by Crippen LogP contribution is 2.68. The number of alkyl halides is 1. The van der Waals surface area contributed by atoms with E-state index in [1.54, 1.807) is 52.6 Å².